The van der Waals surface area contributed by atoms with Crippen molar-refractivity contribution in [3.63, 3.8) is 0 Å². The van der Waals surface area contributed by atoms with Crippen molar-refractivity contribution in [2.24, 2.45) is 4.40 Å². The van der Waals surface area contributed by atoms with Crippen molar-refractivity contribution in [3.8, 4) is 11.5 Å². The molecule has 0 radical (unpaired) electrons. The molecular formula is C27H23FN2O5S2. The largest absolute Gasteiger partial charge is 0.493 e. The third-order valence-electron chi connectivity index (χ3n) is 5.23. The van der Waals surface area contributed by atoms with Crippen LogP contribution in [0.3, 0.4) is 0 Å². The molecule has 0 aliphatic carbocycles. The number of carbonyl (C=O) groups excluding carboxylic acids is 1. The summed E-state index contributed by atoms with van der Waals surface area (Å²) in [7, 11) is -2.63. The SMILES string of the molecule is C=CCN1C(=O)/C(=C/c2ccc(OC)c(OCc3ccccc3)c2)S/C1=N/S(=O)(=O)c1ccc(F)cc1. The number of amides is 1. The van der Waals surface area contributed by atoms with Gasteiger partial charge in [-0.2, -0.15) is 8.42 Å². The number of nitrogens with zero attached hydrogens (tertiary/aromatic N) is 2. The average Bonchev–Trinajstić information content (AvgIpc) is 3.17. The Balaban J connectivity index is 1.63. The van der Waals surface area contributed by atoms with Crippen LogP contribution in [-0.2, 0) is 21.4 Å². The summed E-state index contributed by atoms with van der Waals surface area (Å²) in [5.41, 5.74) is 1.64. The maximum atomic E-state index is 13.2. The van der Waals surface area contributed by atoms with Crippen LogP contribution in [0.1, 0.15) is 11.1 Å². The highest BCUT2D eigenvalue weighted by Gasteiger charge is 2.34. The fourth-order valence-electron chi connectivity index (χ4n) is 3.41. The zero-order valence-electron chi connectivity index (χ0n) is 19.8. The fourth-order valence-corrected chi connectivity index (χ4v) is 5.60. The molecule has 0 atom stereocenters. The maximum Gasteiger partial charge on any atom is 0.284 e. The number of amidine groups is 1. The van der Waals surface area contributed by atoms with Gasteiger partial charge < -0.3 is 9.47 Å². The number of halogens is 1. The molecule has 1 saturated heterocycles. The molecule has 0 aromatic heterocycles. The molecule has 4 rings (SSSR count). The van der Waals surface area contributed by atoms with E-state index in [1.54, 1.807) is 24.3 Å². The van der Waals surface area contributed by atoms with E-state index < -0.39 is 21.7 Å². The standard InChI is InChI=1S/C27H23FN2O5S2/c1-3-15-30-26(31)25(36-27(30)29-37(32,33)22-12-10-21(28)11-13-22)17-20-9-14-23(34-2)24(16-20)35-18-19-7-5-4-6-8-19/h3-14,16-17H,1,15,18H2,2H3/b25-17-,29-27+. The molecule has 0 saturated carbocycles. The normalized spacial score (nSPS) is 15.8. The number of benzene rings is 3. The highest BCUT2D eigenvalue weighted by Crippen LogP contribution is 2.35. The summed E-state index contributed by atoms with van der Waals surface area (Å²) in [6, 6.07) is 19.2. The van der Waals surface area contributed by atoms with Gasteiger partial charge >= 0.3 is 0 Å². The van der Waals surface area contributed by atoms with Crippen molar-refractivity contribution >= 4 is 38.9 Å². The molecule has 0 unspecified atom stereocenters. The lowest BCUT2D eigenvalue weighted by molar-refractivity contribution is -0.121. The third kappa shape index (κ3) is 6.28. The Hall–Kier alpha value is -3.89. The van der Waals surface area contributed by atoms with Crippen LogP contribution < -0.4 is 9.47 Å². The third-order valence-corrected chi connectivity index (χ3v) is 7.64. The number of ether oxygens (including phenoxy) is 2. The molecular weight excluding hydrogens is 515 g/mol. The maximum absolute atomic E-state index is 13.2. The van der Waals surface area contributed by atoms with Crippen LogP contribution in [-0.4, -0.2) is 38.0 Å². The molecule has 7 nitrogen and oxygen atoms in total. The number of hydrogen-bond acceptors (Lipinski definition) is 6. The first-order chi connectivity index (χ1) is 17.8. The van der Waals surface area contributed by atoms with Crippen LogP contribution in [0, 0.1) is 5.82 Å². The predicted octanol–water partition coefficient (Wildman–Crippen LogP) is 5.26. The summed E-state index contributed by atoms with van der Waals surface area (Å²) in [4.78, 5) is 14.4. The van der Waals surface area contributed by atoms with E-state index in [1.807, 2.05) is 30.3 Å². The van der Waals surface area contributed by atoms with Crippen LogP contribution in [0.5, 0.6) is 11.5 Å². The average molecular weight is 539 g/mol. The monoisotopic (exact) mass is 538 g/mol. The number of sulfonamides is 1. The topological polar surface area (TPSA) is 85.3 Å². The predicted molar refractivity (Wildman–Crippen MR) is 142 cm³/mol. The smallest absolute Gasteiger partial charge is 0.284 e. The minimum atomic E-state index is -4.17. The van der Waals surface area contributed by atoms with E-state index >= 15 is 0 Å². The second-order valence-corrected chi connectivity index (χ2v) is 10.4. The second kappa shape index (κ2) is 11.4. The molecule has 1 aliphatic heterocycles. The second-order valence-electron chi connectivity index (χ2n) is 7.80. The van der Waals surface area contributed by atoms with E-state index in [0.29, 0.717) is 23.7 Å². The lowest BCUT2D eigenvalue weighted by Gasteiger charge is -2.12. The number of methoxy groups -OCH3 is 1. The van der Waals surface area contributed by atoms with Crippen molar-refractivity contribution in [3.05, 3.63) is 107 Å². The Morgan fingerprint density at radius 2 is 1.78 bits per heavy atom. The molecule has 37 heavy (non-hydrogen) atoms. The first-order valence-corrected chi connectivity index (χ1v) is 13.3. The number of hydrogen-bond donors (Lipinski definition) is 0. The van der Waals surface area contributed by atoms with E-state index in [4.69, 9.17) is 9.47 Å². The molecule has 10 heteroatoms. The molecule has 0 N–H and O–H groups in total. The van der Waals surface area contributed by atoms with Crippen molar-refractivity contribution in [2.75, 3.05) is 13.7 Å². The first kappa shape index (κ1) is 26.2. The lowest BCUT2D eigenvalue weighted by Crippen LogP contribution is -2.29. The van der Waals surface area contributed by atoms with Gasteiger partial charge in [0, 0.05) is 6.54 Å². The van der Waals surface area contributed by atoms with Crippen LogP contribution in [0.4, 0.5) is 4.39 Å². The molecule has 1 heterocycles. The molecule has 3 aromatic carbocycles. The summed E-state index contributed by atoms with van der Waals surface area (Å²) in [6.45, 7) is 4.04. The zero-order valence-corrected chi connectivity index (χ0v) is 21.5. The van der Waals surface area contributed by atoms with Crippen molar-refractivity contribution in [1.82, 2.24) is 4.90 Å². The van der Waals surface area contributed by atoms with Crippen molar-refractivity contribution in [2.45, 2.75) is 11.5 Å². The summed E-state index contributed by atoms with van der Waals surface area (Å²) in [5, 5.41) is -0.0189. The van der Waals surface area contributed by atoms with Gasteiger partial charge in [0.1, 0.15) is 12.4 Å². The van der Waals surface area contributed by atoms with Crippen LogP contribution in [0.25, 0.3) is 6.08 Å². The Labute approximate surface area is 219 Å². The van der Waals surface area contributed by atoms with Crippen LogP contribution in [0.15, 0.2) is 99.6 Å². The van der Waals surface area contributed by atoms with Gasteiger partial charge in [-0.3, -0.25) is 9.69 Å². The van der Waals surface area contributed by atoms with Gasteiger partial charge in [-0.05, 0) is 65.4 Å². The minimum absolute atomic E-state index is 0.0189. The van der Waals surface area contributed by atoms with Gasteiger partial charge in [0.25, 0.3) is 15.9 Å². The summed E-state index contributed by atoms with van der Waals surface area (Å²) < 4.78 is 54.0. The summed E-state index contributed by atoms with van der Waals surface area (Å²) in [5.74, 6) is 0.0407. The Kier molecular flexibility index (Phi) is 8.10. The number of rotatable bonds is 9. The molecule has 1 aliphatic rings. The highest BCUT2D eigenvalue weighted by atomic mass is 32.2. The lowest BCUT2D eigenvalue weighted by atomic mass is 10.1. The van der Waals surface area contributed by atoms with Crippen molar-refractivity contribution < 1.29 is 27.1 Å². The minimum Gasteiger partial charge on any atom is -0.493 e. The molecule has 0 spiro atoms. The Bertz CT molecular complexity index is 1470. The van der Waals surface area contributed by atoms with E-state index in [2.05, 4.69) is 11.0 Å². The molecule has 190 valence electrons. The van der Waals surface area contributed by atoms with Gasteiger partial charge in [-0.1, -0.05) is 42.5 Å². The van der Waals surface area contributed by atoms with Gasteiger partial charge in [0.2, 0.25) is 0 Å². The van der Waals surface area contributed by atoms with Gasteiger partial charge in [0.05, 0.1) is 16.9 Å². The van der Waals surface area contributed by atoms with Gasteiger partial charge in [0.15, 0.2) is 16.7 Å². The van der Waals surface area contributed by atoms with Gasteiger partial charge in [-0.25, -0.2) is 4.39 Å². The Morgan fingerprint density at radius 3 is 2.46 bits per heavy atom. The molecule has 3 aromatic rings. The quantitative estimate of drug-likeness (QED) is 0.273. The number of thioether (sulfide) groups is 1. The van der Waals surface area contributed by atoms with Crippen LogP contribution in [0.2, 0.25) is 0 Å². The Morgan fingerprint density at radius 1 is 1.05 bits per heavy atom. The van der Waals surface area contributed by atoms with E-state index in [9.17, 15) is 17.6 Å². The first-order valence-electron chi connectivity index (χ1n) is 11.1. The van der Waals surface area contributed by atoms with E-state index in [0.717, 1.165) is 41.6 Å². The molecule has 0 bridgehead atoms. The van der Waals surface area contributed by atoms with E-state index in [1.165, 1.54) is 18.1 Å². The summed E-state index contributed by atoms with van der Waals surface area (Å²) in [6.07, 6.45) is 3.11. The molecule has 1 fully saturated rings. The fraction of sp³-hybridized carbons (Fsp3) is 0.111. The molecule has 1 amide bonds. The number of carbonyl (C=O) groups is 1. The van der Waals surface area contributed by atoms with E-state index in [-0.39, 0.29) is 21.5 Å². The summed E-state index contributed by atoms with van der Waals surface area (Å²) >= 11 is 0.927. The highest BCUT2D eigenvalue weighted by molar-refractivity contribution is 8.19. The van der Waals surface area contributed by atoms with Crippen molar-refractivity contribution in [1.29, 1.82) is 0 Å². The van der Waals surface area contributed by atoms with Crippen LogP contribution >= 0.6 is 11.8 Å². The van der Waals surface area contributed by atoms with Gasteiger partial charge in [-0.15, -0.1) is 11.0 Å². The zero-order chi connectivity index (χ0) is 26.4.